The maximum Gasteiger partial charge on any atom is 0.161 e. The molecule has 0 bridgehead atoms. The van der Waals surface area contributed by atoms with Gasteiger partial charge in [-0.2, -0.15) is 0 Å². The molecule has 0 aliphatic heterocycles. The first kappa shape index (κ1) is 16.8. The zero-order valence-corrected chi connectivity index (χ0v) is 13.3. The molecule has 0 atom stereocenters. The fourth-order valence-corrected chi connectivity index (χ4v) is 1.76. The fraction of sp³-hybridized carbons (Fsp3) is 0.647. The number of hydrogen-bond donors (Lipinski definition) is 1. The van der Waals surface area contributed by atoms with Gasteiger partial charge in [-0.1, -0.05) is 33.8 Å². The molecule has 0 saturated carbocycles. The van der Waals surface area contributed by atoms with Crippen molar-refractivity contribution in [3.63, 3.8) is 0 Å². The molecule has 1 aromatic rings. The van der Waals surface area contributed by atoms with Crippen molar-refractivity contribution < 1.29 is 9.47 Å². The van der Waals surface area contributed by atoms with Crippen LogP contribution in [0.1, 0.15) is 39.7 Å². The van der Waals surface area contributed by atoms with E-state index >= 15 is 0 Å². The van der Waals surface area contributed by atoms with Crippen LogP contribution in [0, 0.1) is 11.8 Å². The van der Waals surface area contributed by atoms with Crippen molar-refractivity contribution in [2.24, 2.45) is 17.6 Å². The SMILES string of the molecule is CC(C)COc1ccc(CCCN)cc1OCC(C)C. The Bertz CT molecular complexity index is 389. The van der Waals surface area contributed by atoms with E-state index in [1.807, 2.05) is 6.07 Å². The van der Waals surface area contributed by atoms with Crippen LogP contribution in [0.25, 0.3) is 0 Å². The van der Waals surface area contributed by atoms with Gasteiger partial charge in [0.05, 0.1) is 13.2 Å². The smallest absolute Gasteiger partial charge is 0.161 e. The molecule has 0 saturated heterocycles. The van der Waals surface area contributed by atoms with Gasteiger partial charge in [-0.3, -0.25) is 0 Å². The summed E-state index contributed by atoms with van der Waals surface area (Å²) in [7, 11) is 0. The molecule has 0 heterocycles. The molecule has 0 radical (unpaired) electrons. The molecular formula is C17H29NO2. The molecule has 3 heteroatoms. The zero-order valence-electron chi connectivity index (χ0n) is 13.3. The number of rotatable bonds is 9. The second-order valence-corrected chi connectivity index (χ2v) is 6.08. The summed E-state index contributed by atoms with van der Waals surface area (Å²) in [6.45, 7) is 10.7. The highest BCUT2D eigenvalue weighted by molar-refractivity contribution is 5.43. The lowest BCUT2D eigenvalue weighted by molar-refractivity contribution is 0.229. The molecule has 3 nitrogen and oxygen atoms in total. The van der Waals surface area contributed by atoms with Crippen LogP contribution in [0.5, 0.6) is 11.5 Å². The first-order chi connectivity index (χ1) is 9.52. The van der Waals surface area contributed by atoms with E-state index in [0.29, 0.717) is 31.6 Å². The molecule has 0 spiro atoms. The van der Waals surface area contributed by atoms with E-state index in [-0.39, 0.29) is 0 Å². The van der Waals surface area contributed by atoms with Gasteiger partial charge in [0.1, 0.15) is 0 Å². The molecule has 114 valence electrons. The molecular weight excluding hydrogens is 250 g/mol. The predicted molar refractivity (Wildman–Crippen MR) is 84.5 cm³/mol. The molecule has 2 N–H and O–H groups in total. The van der Waals surface area contributed by atoms with Crippen molar-refractivity contribution in [1.82, 2.24) is 0 Å². The van der Waals surface area contributed by atoms with Crippen LogP contribution in [0.2, 0.25) is 0 Å². The van der Waals surface area contributed by atoms with Crippen LogP contribution in [-0.4, -0.2) is 19.8 Å². The van der Waals surface area contributed by atoms with Crippen molar-refractivity contribution >= 4 is 0 Å². The summed E-state index contributed by atoms with van der Waals surface area (Å²) in [5, 5.41) is 0. The maximum atomic E-state index is 5.90. The average Bonchev–Trinajstić information content (AvgIpc) is 2.41. The van der Waals surface area contributed by atoms with Gasteiger partial charge >= 0.3 is 0 Å². The Labute approximate surface area is 123 Å². The van der Waals surface area contributed by atoms with E-state index in [9.17, 15) is 0 Å². The Hall–Kier alpha value is -1.22. The summed E-state index contributed by atoms with van der Waals surface area (Å²) in [5.41, 5.74) is 6.82. The Morgan fingerprint density at radius 3 is 2.10 bits per heavy atom. The van der Waals surface area contributed by atoms with Gasteiger partial charge < -0.3 is 15.2 Å². The Morgan fingerprint density at radius 2 is 1.55 bits per heavy atom. The summed E-state index contributed by atoms with van der Waals surface area (Å²) < 4.78 is 11.7. The molecule has 0 fully saturated rings. The number of nitrogens with two attached hydrogens (primary N) is 1. The molecule has 1 rings (SSSR count). The highest BCUT2D eigenvalue weighted by Gasteiger charge is 2.09. The largest absolute Gasteiger partial charge is 0.489 e. The van der Waals surface area contributed by atoms with E-state index in [0.717, 1.165) is 24.3 Å². The van der Waals surface area contributed by atoms with E-state index in [4.69, 9.17) is 15.2 Å². The maximum absolute atomic E-state index is 5.90. The third-order valence-corrected chi connectivity index (χ3v) is 2.82. The highest BCUT2D eigenvalue weighted by atomic mass is 16.5. The normalized spacial score (nSPS) is 11.2. The highest BCUT2D eigenvalue weighted by Crippen LogP contribution is 2.29. The molecule has 0 unspecified atom stereocenters. The van der Waals surface area contributed by atoms with Crippen molar-refractivity contribution in [2.75, 3.05) is 19.8 Å². The van der Waals surface area contributed by atoms with Gasteiger partial charge in [-0.15, -0.1) is 0 Å². The Morgan fingerprint density at radius 1 is 0.950 bits per heavy atom. The zero-order chi connectivity index (χ0) is 15.0. The molecule has 0 aliphatic rings. The van der Waals surface area contributed by atoms with Crippen LogP contribution in [0.3, 0.4) is 0 Å². The lowest BCUT2D eigenvalue weighted by atomic mass is 10.1. The molecule has 0 amide bonds. The standard InChI is InChI=1S/C17H29NO2/c1-13(2)11-19-16-8-7-15(6-5-9-18)10-17(16)20-12-14(3)4/h7-8,10,13-14H,5-6,9,11-12,18H2,1-4H3. The first-order valence-electron chi connectivity index (χ1n) is 7.61. The van der Waals surface area contributed by atoms with Gasteiger partial charge in [0.25, 0.3) is 0 Å². The summed E-state index contributed by atoms with van der Waals surface area (Å²) in [5.74, 6) is 2.70. The Kier molecular flexibility index (Phi) is 7.45. The van der Waals surface area contributed by atoms with E-state index in [1.54, 1.807) is 0 Å². The fourth-order valence-electron chi connectivity index (χ4n) is 1.76. The Balaban J connectivity index is 2.79. The van der Waals surface area contributed by atoms with Gasteiger partial charge in [-0.25, -0.2) is 0 Å². The van der Waals surface area contributed by atoms with Crippen LogP contribution < -0.4 is 15.2 Å². The molecule has 0 aromatic heterocycles. The van der Waals surface area contributed by atoms with Crippen molar-refractivity contribution in [2.45, 2.75) is 40.5 Å². The summed E-state index contributed by atoms with van der Waals surface area (Å²) in [4.78, 5) is 0. The lowest BCUT2D eigenvalue weighted by Crippen LogP contribution is -2.09. The predicted octanol–water partition coefficient (Wildman–Crippen LogP) is 3.65. The van der Waals surface area contributed by atoms with Gasteiger partial charge in [0.2, 0.25) is 0 Å². The lowest BCUT2D eigenvalue weighted by Gasteiger charge is -2.16. The van der Waals surface area contributed by atoms with E-state index < -0.39 is 0 Å². The topological polar surface area (TPSA) is 44.5 Å². The van der Waals surface area contributed by atoms with Crippen molar-refractivity contribution in [3.05, 3.63) is 23.8 Å². The minimum Gasteiger partial charge on any atom is -0.489 e. The van der Waals surface area contributed by atoms with Gasteiger partial charge in [-0.05, 0) is 48.9 Å². The van der Waals surface area contributed by atoms with Gasteiger partial charge in [0.15, 0.2) is 11.5 Å². The molecule has 1 aromatic carbocycles. The number of benzene rings is 1. The van der Waals surface area contributed by atoms with E-state index in [1.165, 1.54) is 5.56 Å². The third-order valence-electron chi connectivity index (χ3n) is 2.82. The number of ether oxygens (including phenoxy) is 2. The van der Waals surface area contributed by atoms with Gasteiger partial charge in [0, 0.05) is 0 Å². The molecule has 20 heavy (non-hydrogen) atoms. The second kappa shape index (κ2) is 8.85. The van der Waals surface area contributed by atoms with Crippen LogP contribution in [-0.2, 0) is 6.42 Å². The molecule has 0 aliphatic carbocycles. The van der Waals surface area contributed by atoms with E-state index in [2.05, 4.69) is 39.8 Å². The summed E-state index contributed by atoms with van der Waals surface area (Å²) >= 11 is 0. The minimum atomic E-state index is 0.501. The summed E-state index contributed by atoms with van der Waals surface area (Å²) in [6.07, 6.45) is 1.98. The van der Waals surface area contributed by atoms with Crippen LogP contribution in [0.4, 0.5) is 0 Å². The van der Waals surface area contributed by atoms with Crippen LogP contribution >= 0.6 is 0 Å². The second-order valence-electron chi connectivity index (χ2n) is 6.08. The number of hydrogen-bond acceptors (Lipinski definition) is 3. The number of aryl methyl sites for hydroxylation is 1. The van der Waals surface area contributed by atoms with Crippen molar-refractivity contribution in [3.8, 4) is 11.5 Å². The van der Waals surface area contributed by atoms with Crippen molar-refractivity contribution in [1.29, 1.82) is 0 Å². The first-order valence-corrected chi connectivity index (χ1v) is 7.61. The van der Waals surface area contributed by atoms with Crippen LogP contribution in [0.15, 0.2) is 18.2 Å². The quantitative estimate of drug-likeness (QED) is 0.750. The average molecular weight is 279 g/mol. The monoisotopic (exact) mass is 279 g/mol. The third kappa shape index (κ3) is 6.29. The summed E-state index contributed by atoms with van der Waals surface area (Å²) in [6, 6.07) is 6.21. The minimum absolute atomic E-state index is 0.501.